The van der Waals surface area contributed by atoms with Crippen LogP contribution in [0.4, 0.5) is 14.5 Å². The fourth-order valence-electron chi connectivity index (χ4n) is 1.37. The highest BCUT2D eigenvalue weighted by Gasteiger charge is 2.03. The van der Waals surface area contributed by atoms with Gasteiger partial charge in [-0.15, -0.1) is 0 Å². The van der Waals surface area contributed by atoms with E-state index in [2.05, 4.69) is 17.0 Å². The van der Waals surface area contributed by atoms with E-state index in [4.69, 9.17) is 4.74 Å². The van der Waals surface area contributed by atoms with Crippen LogP contribution in [0.15, 0.2) is 24.3 Å². The molecule has 0 heterocycles. The Morgan fingerprint density at radius 3 is 2.50 bits per heavy atom. The second-order valence-electron chi connectivity index (χ2n) is 3.80. The normalized spacial score (nSPS) is 10.7. The van der Waals surface area contributed by atoms with Gasteiger partial charge in [-0.05, 0) is 30.7 Å². The van der Waals surface area contributed by atoms with Crippen LogP contribution in [0.3, 0.4) is 0 Å². The van der Waals surface area contributed by atoms with E-state index in [-0.39, 0.29) is 5.75 Å². The molecule has 102 valence electrons. The molecule has 5 heteroatoms. The standard InChI is InChI=1S/C13H19F2NO2/c1-2-3-9-17-10-8-16-11-4-6-12(7-5-11)18-13(14)15/h4-7,13,16H,2-3,8-10H2,1H3. The Labute approximate surface area is 106 Å². The zero-order chi connectivity index (χ0) is 13.2. The van der Waals surface area contributed by atoms with Crippen LogP contribution in [-0.4, -0.2) is 26.4 Å². The van der Waals surface area contributed by atoms with Crippen LogP contribution in [0.2, 0.25) is 0 Å². The molecule has 0 unspecified atom stereocenters. The van der Waals surface area contributed by atoms with Crippen LogP contribution in [-0.2, 0) is 4.74 Å². The third-order valence-electron chi connectivity index (χ3n) is 2.30. The first-order valence-corrected chi connectivity index (χ1v) is 6.09. The quantitative estimate of drug-likeness (QED) is 0.688. The lowest BCUT2D eigenvalue weighted by Crippen LogP contribution is -2.10. The van der Waals surface area contributed by atoms with Crippen molar-refractivity contribution in [1.29, 1.82) is 0 Å². The SMILES string of the molecule is CCCCOCCNc1ccc(OC(F)F)cc1. The number of hydrogen-bond acceptors (Lipinski definition) is 3. The number of benzene rings is 1. The Morgan fingerprint density at radius 2 is 1.89 bits per heavy atom. The lowest BCUT2D eigenvalue weighted by molar-refractivity contribution is -0.0498. The predicted molar refractivity (Wildman–Crippen MR) is 67.3 cm³/mol. The molecule has 1 N–H and O–H groups in total. The first kappa shape index (κ1) is 14.7. The van der Waals surface area contributed by atoms with Gasteiger partial charge < -0.3 is 14.8 Å². The summed E-state index contributed by atoms with van der Waals surface area (Å²) in [5.74, 6) is 0.162. The molecule has 0 aliphatic heterocycles. The molecule has 1 rings (SSSR count). The van der Waals surface area contributed by atoms with Crippen molar-refractivity contribution in [2.24, 2.45) is 0 Å². The van der Waals surface area contributed by atoms with Gasteiger partial charge in [-0.2, -0.15) is 8.78 Å². The fraction of sp³-hybridized carbons (Fsp3) is 0.538. The van der Waals surface area contributed by atoms with E-state index in [9.17, 15) is 8.78 Å². The number of anilines is 1. The fourth-order valence-corrected chi connectivity index (χ4v) is 1.37. The Hall–Kier alpha value is -1.36. The van der Waals surface area contributed by atoms with E-state index >= 15 is 0 Å². The van der Waals surface area contributed by atoms with Gasteiger partial charge in [0.25, 0.3) is 0 Å². The molecule has 0 atom stereocenters. The molecule has 0 aliphatic carbocycles. The maximum atomic E-state index is 11.9. The number of ether oxygens (including phenoxy) is 2. The molecule has 1 aromatic rings. The van der Waals surface area contributed by atoms with Crippen LogP contribution in [0.25, 0.3) is 0 Å². The average molecular weight is 259 g/mol. The van der Waals surface area contributed by atoms with Crippen LogP contribution in [0.1, 0.15) is 19.8 Å². The minimum absolute atomic E-state index is 0.162. The van der Waals surface area contributed by atoms with Crippen molar-refractivity contribution in [3.63, 3.8) is 0 Å². The van der Waals surface area contributed by atoms with Crippen molar-refractivity contribution in [2.75, 3.05) is 25.1 Å². The van der Waals surface area contributed by atoms with E-state index in [0.717, 1.165) is 25.1 Å². The number of nitrogens with one attached hydrogen (secondary N) is 1. The van der Waals surface area contributed by atoms with E-state index in [1.807, 2.05) is 0 Å². The van der Waals surface area contributed by atoms with Crippen molar-refractivity contribution in [3.8, 4) is 5.75 Å². The Kier molecular flexibility index (Phi) is 7.10. The second-order valence-corrected chi connectivity index (χ2v) is 3.80. The van der Waals surface area contributed by atoms with Crippen molar-refractivity contribution in [2.45, 2.75) is 26.4 Å². The van der Waals surface area contributed by atoms with Crippen molar-refractivity contribution < 1.29 is 18.3 Å². The lowest BCUT2D eigenvalue weighted by Gasteiger charge is -2.08. The van der Waals surface area contributed by atoms with Gasteiger partial charge in [-0.25, -0.2) is 0 Å². The Morgan fingerprint density at radius 1 is 1.17 bits per heavy atom. The molecule has 3 nitrogen and oxygen atoms in total. The van der Waals surface area contributed by atoms with Crippen molar-refractivity contribution in [3.05, 3.63) is 24.3 Å². The molecular formula is C13H19F2NO2. The Bertz CT molecular complexity index is 317. The molecule has 0 fully saturated rings. The van der Waals surface area contributed by atoms with Gasteiger partial charge in [-0.1, -0.05) is 13.3 Å². The van der Waals surface area contributed by atoms with Gasteiger partial charge in [0.2, 0.25) is 0 Å². The van der Waals surface area contributed by atoms with Gasteiger partial charge in [0.15, 0.2) is 0 Å². The first-order chi connectivity index (χ1) is 8.72. The summed E-state index contributed by atoms with van der Waals surface area (Å²) in [6.45, 7) is 1.44. The molecule has 0 aromatic heterocycles. The molecule has 18 heavy (non-hydrogen) atoms. The molecular weight excluding hydrogens is 240 g/mol. The molecule has 0 radical (unpaired) electrons. The average Bonchev–Trinajstić information content (AvgIpc) is 2.35. The van der Waals surface area contributed by atoms with E-state index < -0.39 is 6.61 Å². The zero-order valence-corrected chi connectivity index (χ0v) is 10.5. The van der Waals surface area contributed by atoms with E-state index in [1.54, 1.807) is 12.1 Å². The zero-order valence-electron chi connectivity index (χ0n) is 10.5. The first-order valence-electron chi connectivity index (χ1n) is 6.09. The number of alkyl halides is 2. The maximum absolute atomic E-state index is 11.9. The Balaban J connectivity index is 2.18. The third kappa shape index (κ3) is 6.39. The molecule has 0 saturated carbocycles. The van der Waals surface area contributed by atoms with E-state index in [0.29, 0.717) is 13.2 Å². The van der Waals surface area contributed by atoms with Gasteiger partial charge >= 0.3 is 6.61 Å². The maximum Gasteiger partial charge on any atom is 0.387 e. The minimum atomic E-state index is -2.78. The summed E-state index contributed by atoms with van der Waals surface area (Å²) >= 11 is 0. The number of rotatable bonds is 9. The van der Waals surface area contributed by atoms with Crippen molar-refractivity contribution >= 4 is 5.69 Å². The highest BCUT2D eigenvalue weighted by molar-refractivity contribution is 5.46. The lowest BCUT2D eigenvalue weighted by atomic mass is 10.3. The summed E-state index contributed by atoms with van der Waals surface area (Å²) in [6, 6.07) is 6.41. The smallest absolute Gasteiger partial charge is 0.387 e. The second kappa shape index (κ2) is 8.69. The van der Waals surface area contributed by atoms with Crippen LogP contribution >= 0.6 is 0 Å². The largest absolute Gasteiger partial charge is 0.435 e. The summed E-state index contributed by atoms with van der Waals surface area (Å²) < 4.78 is 33.5. The highest BCUT2D eigenvalue weighted by atomic mass is 19.3. The van der Waals surface area contributed by atoms with Gasteiger partial charge in [0, 0.05) is 18.8 Å². The number of unbranched alkanes of at least 4 members (excludes halogenated alkanes) is 1. The van der Waals surface area contributed by atoms with Crippen LogP contribution < -0.4 is 10.1 Å². The van der Waals surface area contributed by atoms with Crippen LogP contribution in [0, 0.1) is 0 Å². The topological polar surface area (TPSA) is 30.5 Å². The summed E-state index contributed by atoms with van der Waals surface area (Å²) in [7, 11) is 0. The van der Waals surface area contributed by atoms with Crippen molar-refractivity contribution in [1.82, 2.24) is 0 Å². The van der Waals surface area contributed by atoms with Crippen LogP contribution in [0.5, 0.6) is 5.75 Å². The molecule has 0 spiro atoms. The van der Waals surface area contributed by atoms with Gasteiger partial charge in [-0.3, -0.25) is 0 Å². The summed E-state index contributed by atoms with van der Waals surface area (Å²) in [5, 5.41) is 3.13. The predicted octanol–water partition coefficient (Wildman–Crippen LogP) is 3.52. The summed E-state index contributed by atoms with van der Waals surface area (Å²) in [6.07, 6.45) is 2.19. The molecule has 0 aliphatic rings. The van der Waals surface area contributed by atoms with E-state index in [1.165, 1.54) is 12.1 Å². The monoisotopic (exact) mass is 259 g/mol. The molecule has 0 bridgehead atoms. The third-order valence-corrected chi connectivity index (χ3v) is 2.30. The summed E-state index contributed by atoms with van der Waals surface area (Å²) in [5.41, 5.74) is 0.857. The molecule has 0 saturated heterocycles. The summed E-state index contributed by atoms with van der Waals surface area (Å²) in [4.78, 5) is 0. The molecule has 0 amide bonds. The number of hydrogen-bond donors (Lipinski definition) is 1. The molecule has 1 aromatic carbocycles. The minimum Gasteiger partial charge on any atom is -0.435 e. The van der Waals surface area contributed by atoms with Gasteiger partial charge in [0.1, 0.15) is 5.75 Å². The van der Waals surface area contributed by atoms with Gasteiger partial charge in [0.05, 0.1) is 6.61 Å². The highest BCUT2D eigenvalue weighted by Crippen LogP contribution is 2.17. The number of halogens is 2.